The molecule has 1 atom stereocenters. The maximum Gasteiger partial charge on any atom is 0.0145 e. The number of likely N-dealkylation sites (N-methyl/N-ethyl adjacent to an activating group) is 1. The van der Waals surface area contributed by atoms with Gasteiger partial charge in [-0.25, -0.2) is 0 Å². The van der Waals surface area contributed by atoms with Crippen LogP contribution in [0.4, 0.5) is 0 Å². The highest BCUT2D eigenvalue weighted by atomic mass is 14.9. The summed E-state index contributed by atoms with van der Waals surface area (Å²) in [5.41, 5.74) is 7.37. The molecule has 1 heteroatoms. The number of benzene rings is 2. The number of fused-ring (bicyclic) bond motifs is 1. The fraction of sp³-hybridized carbons (Fsp3) is 0.400. The highest BCUT2D eigenvalue weighted by molar-refractivity contribution is 5.35. The zero-order valence-electron chi connectivity index (χ0n) is 13.2. The molecule has 0 amide bonds. The van der Waals surface area contributed by atoms with Crippen LogP contribution < -0.4 is 5.32 Å². The maximum atomic E-state index is 3.48. The van der Waals surface area contributed by atoms with Gasteiger partial charge in [-0.15, -0.1) is 0 Å². The molecule has 0 aromatic heterocycles. The van der Waals surface area contributed by atoms with E-state index in [4.69, 9.17) is 0 Å². The summed E-state index contributed by atoms with van der Waals surface area (Å²) in [6.45, 7) is 2.14. The third-order valence-electron chi connectivity index (χ3n) is 4.66. The van der Waals surface area contributed by atoms with Crippen molar-refractivity contribution in [3.05, 3.63) is 70.3 Å². The molecule has 0 saturated heterocycles. The predicted octanol–water partition coefficient (Wildman–Crippen LogP) is 3.86. The first-order valence-electron chi connectivity index (χ1n) is 8.08. The highest BCUT2D eigenvalue weighted by Gasteiger charge is 2.13. The van der Waals surface area contributed by atoms with Crippen molar-refractivity contribution in [2.45, 2.75) is 45.1 Å². The molecule has 0 fully saturated rings. The summed E-state index contributed by atoms with van der Waals surface area (Å²) in [6, 6.07) is 16.5. The second kappa shape index (κ2) is 6.44. The highest BCUT2D eigenvalue weighted by Crippen LogP contribution is 2.23. The van der Waals surface area contributed by atoms with Crippen molar-refractivity contribution in [3.8, 4) is 0 Å². The van der Waals surface area contributed by atoms with Crippen molar-refractivity contribution >= 4 is 0 Å². The van der Waals surface area contributed by atoms with Crippen LogP contribution in [-0.4, -0.2) is 13.1 Å². The SMILES string of the molecule is CNC(Cc1ccc(C)cc1)Cc1ccc2c(c1)CCC2. The molecule has 0 aliphatic heterocycles. The van der Waals surface area contributed by atoms with Crippen LogP contribution >= 0.6 is 0 Å². The molecule has 1 N–H and O–H groups in total. The lowest BCUT2D eigenvalue weighted by Crippen LogP contribution is -2.29. The summed E-state index contributed by atoms with van der Waals surface area (Å²) in [7, 11) is 2.08. The summed E-state index contributed by atoms with van der Waals surface area (Å²) in [5, 5.41) is 3.48. The lowest BCUT2D eigenvalue weighted by atomic mass is 9.96. The molecule has 2 aromatic carbocycles. The molecule has 2 aromatic rings. The fourth-order valence-corrected chi connectivity index (χ4v) is 3.32. The first kappa shape index (κ1) is 14.3. The van der Waals surface area contributed by atoms with Crippen molar-refractivity contribution < 1.29 is 0 Å². The molecule has 1 unspecified atom stereocenters. The van der Waals surface area contributed by atoms with Crippen LogP contribution in [0.1, 0.15) is 34.2 Å². The normalized spacial score (nSPS) is 15.0. The topological polar surface area (TPSA) is 12.0 Å². The Labute approximate surface area is 128 Å². The second-order valence-electron chi connectivity index (χ2n) is 6.34. The van der Waals surface area contributed by atoms with E-state index in [2.05, 4.69) is 61.8 Å². The third-order valence-corrected chi connectivity index (χ3v) is 4.66. The first-order chi connectivity index (χ1) is 10.2. The molecular weight excluding hydrogens is 254 g/mol. The third kappa shape index (κ3) is 3.54. The Morgan fingerprint density at radius 2 is 1.57 bits per heavy atom. The minimum Gasteiger partial charge on any atom is -0.316 e. The number of hydrogen-bond acceptors (Lipinski definition) is 1. The molecular formula is C20H25N. The molecule has 0 bridgehead atoms. The zero-order chi connectivity index (χ0) is 14.7. The Bertz CT molecular complexity index is 598. The summed E-state index contributed by atoms with van der Waals surface area (Å²) >= 11 is 0. The van der Waals surface area contributed by atoms with Gasteiger partial charge in [0.1, 0.15) is 0 Å². The Hall–Kier alpha value is -1.60. The molecule has 21 heavy (non-hydrogen) atoms. The van der Waals surface area contributed by atoms with Crippen molar-refractivity contribution in [3.63, 3.8) is 0 Å². The standard InChI is InChI=1S/C20H25N/c1-15-6-8-16(9-7-15)13-20(21-2)14-17-10-11-18-4-3-5-19(18)12-17/h6-12,20-21H,3-5,13-14H2,1-2H3. The Morgan fingerprint density at radius 3 is 2.33 bits per heavy atom. The van der Waals surface area contributed by atoms with E-state index in [0.29, 0.717) is 6.04 Å². The molecule has 3 rings (SSSR count). The van der Waals surface area contributed by atoms with E-state index >= 15 is 0 Å². The Kier molecular flexibility index (Phi) is 4.40. The molecule has 0 radical (unpaired) electrons. The quantitative estimate of drug-likeness (QED) is 0.876. The molecule has 1 aliphatic carbocycles. The smallest absolute Gasteiger partial charge is 0.0145 e. The lowest BCUT2D eigenvalue weighted by molar-refractivity contribution is 0.556. The van der Waals surface area contributed by atoms with Crippen molar-refractivity contribution in [1.82, 2.24) is 5.32 Å². The fourth-order valence-electron chi connectivity index (χ4n) is 3.32. The monoisotopic (exact) mass is 279 g/mol. The van der Waals surface area contributed by atoms with E-state index in [1.807, 2.05) is 0 Å². The van der Waals surface area contributed by atoms with E-state index in [-0.39, 0.29) is 0 Å². The van der Waals surface area contributed by atoms with Gasteiger partial charge in [-0.3, -0.25) is 0 Å². The number of hydrogen-bond donors (Lipinski definition) is 1. The van der Waals surface area contributed by atoms with Gasteiger partial charge in [-0.05, 0) is 68.3 Å². The van der Waals surface area contributed by atoms with E-state index in [1.165, 1.54) is 36.0 Å². The second-order valence-corrected chi connectivity index (χ2v) is 6.34. The molecule has 1 aliphatic rings. The maximum absolute atomic E-state index is 3.48. The molecule has 0 saturated carbocycles. The van der Waals surface area contributed by atoms with Crippen LogP contribution in [0, 0.1) is 6.92 Å². The van der Waals surface area contributed by atoms with Crippen LogP contribution in [0.25, 0.3) is 0 Å². The van der Waals surface area contributed by atoms with Gasteiger partial charge < -0.3 is 5.32 Å². The zero-order valence-corrected chi connectivity index (χ0v) is 13.2. The van der Waals surface area contributed by atoms with Gasteiger partial charge in [0.05, 0.1) is 0 Å². The number of rotatable bonds is 5. The van der Waals surface area contributed by atoms with E-state index in [0.717, 1.165) is 12.8 Å². The summed E-state index contributed by atoms with van der Waals surface area (Å²) in [5.74, 6) is 0. The summed E-state index contributed by atoms with van der Waals surface area (Å²) in [6.07, 6.45) is 6.07. The van der Waals surface area contributed by atoms with E-state index in [9.17, 15) is 0 Å². The number of aryl methyl sites for hydroxylation is 3. The summed E-state index contributed by atoms with van der Waals surface area (Å²) in [4.78, 5) is 0. The van der Waals surface area contributed by atoms with Gasteiger partial charge >= 0.3 is 0 Å². The van der Waals surface area contributed by atoms with Crippen LogP contribution in [0.5, 0.6) is 0 Å². The molecule has 0 heterocycles. The van der Waals surface area contributed by atoms with Gasteiger partial charge in [0, 0.05) is 6.04 Å². The Balaban J connectivity index is 1.68. The van der Waals surface area contributed by atoms with E-state index in [1.54, 1.807) is 11.1 Å². The average Bonchev–Trinajstić information content (AvgIpc) is 2.96. The lowest BCUT2D eigenvalue weighted by Gasteiger charge is -2.17. The van der Waals surface area contributed by atoms with E-state index < -0.39 is 0 Å². The van der Waals surface area contributed by atoms with Crippen molar-refractivity contribution in [2.75, 3.05) is 7.05 Å². The van der Waals surface area contributed by atoms with Crippen molar-refractivity contribution in [1.29, 1.82) is 0 Å². The number of nitrogens with one attached hydrogen (secondary N) is 1. The van der Waals surface area contributed by atoms with Gasteiger partial charge in [-0.1, -0.05) is 48.0 Å². The van der Waals surface area contributed by atoms with Gasteiger partial charge in [0.15, 0.2) is 0 Å². The summed E-state index contributed by atoms with van der Waals surface area (Å²) < 4.78 is 0. The minimum absolute atomic E-state index is 0.507. The largest absolute Gasteiger partial charge is 0.316 e. The van der Waals surface area contributed by atoms with Crippen LogP contribution in [-0.2, 0) is 25.7 Å². The minimum atomic E-state index is 0.507. The molecule has 0 spiro atoms. The Morgan fingerprint density at radius 1 is 0.905 bits per heavy atom. The predicted molar refractivity (Wildman–Crippen MR) is 89.9 cm³/mol. The van der Waals surface area contributed by atoms with Gasteiger partial charge in [0.2, 0.25) is 0 Å². The van der Waals surface area contributed by atoms with Crippen LogP contribution in [0.15, 0.2) is 42.5 Å². The van der Waals surface area contributed by atoms with Crippen LogP contribution in [0.2, 0.25) is 0 Å². The first-order valence-corrected chi connectivity index (χ1v) is 8.08. The molecule has 1 nitrogen and oxygen atoms in total. The molecule has 110 valence electrons. The van der Waals surface area contributed by atoms with Gasteiger partial charge in [0.25, 0.3) is 0 Å². The van der Waals surface area contributed by atoms with Gasteiger partial charge in [-0.2, -0.15) is 0 Å². The van der Waals surface area contributed by atoms with Crippen LogP contribution in [0.3, 0.4) is 0 Å². The van der Waals surface area contributed by atoms with Crippen molar-refractivity contribution in [2.24, 2.45) is 0 Å². The average molecular weight is 279 g/mol.